The Balaban J connectivity index is 0.000000612. The number of aromatic amines is 1. The van der Waals surface area contributed by atoms with Crippen molar-refractivity contribution in [2.45, 2.75) is 91.5 Å². The van der Waals surface area contributed by atoms with Gasteiger partial charge in [-0.2, -0.15) is 0 Å². The van der Waals surface area contributed by atoms with Gasteiger partial charge >= 0.3 is 0 Å². The smallest absolute Gasteiger partial charge is 0.255 e. The summed E-state index contributed by atoms with van der Waals surface area (Å²) in [4.78, 5) is 32.1. The number of nitrogens with zero attached hydrogens (tertiary/aromatic N) is 4. The fourth-order valence-corrected chi connectivity index (χ4v) is 5.86. The van der Waals surface area contributed by atoms with Crippen molar-refractivity contribution in [2.24, 2.45) is 5.92 Å². The highest BCUT2D eigenvalue weighted by atomic mass is 35.5. The van der Waals surface area contributed by atoms with E-state index in [4.69, 9.17) is 23.2 Å². The number of nitrogens with one attached hydrogen (secondary N) is 2. The largest absolute Gasteiger partial charge is 0.360 e. The molecular formula is C33H44Cl2N6O. The lowest BCUT2D eigenvalue weighted by Crippen LogP contribution is -2.29. The number of amides is 1. The number of aromatic nitrogens is 4. The van der Waals surface area contributed by atoms with Gasteiger partial charge in [-0.1, -0.05) is 88.9 Å². The lowest BCUT2D eigenvalue weighted by Gasteiger charge is -2.18. The van der Waals surface area contributed by atoms with Crippen molar-refractivity contribution in [3.8, 4) is 0 Å². The van der Waals surface area contributed by atoms with Gasteiger partial charge in [0.15, 0.2) is 0 Å². The second-order valence-electron chi connectivity index (χ2n) is 11.3. The minimum absolute atomic E-state index is 0.0256. The average molecular weight is 612 g/mol. The highest BCUT2D eigenvalue weighted by molar-refractivity contribution is 6.35. The minimum Gasteiger partial charge on any atom is -0.360 e. The Hall–Kier alpha value is -2.90. The van der Waals surface area contributed by atoms with Gasteiger partial charge in [-0.25, -0.2) is 15.0 Å². The van der Waals surface area contributed by atoms with E-state index >= 15 is 0 Å². The van der Waals surface area contributed by atoms with Crippen LogP contribution < -0.4 is 5.32 Å². The van der Waals surface area contributed by atoms with E-state index in [9.17, 15) is 4.79 Å². The summed E-state index contributed by atoms with van der Waals surface area (Å²) in [5.41, 5.74) is 2.88. The molecule has 0 bridgehead atoms. The number of anilines is 1. The average Bonchev–Trinajstić information content (AvgIpc) is 3.63. The quantitative estimate of drug-likeness (QED) is 0.165. The molecule has 0 saturated carbocycles. The van der Waals surface area contributed by atoms with Crippen LogP contribution in [0.5, 0.6) is 0 Å². The molecule has 2 aromatic carbocycles. The molecule has 42 heavy (non-hydrogen) atoms. The predicted molar refractivity (Wildman–Crippen MR) is 176 cm³/mol. The van der Waals surface area contributed by atoms with E-state index in [0.717, 1.165) is 41.8 Å². The zero-order chi connectivity index (χ0) is 30.1. The van der Waals surface area contributed by atoms with Gasteiger partial charge in [0.2, 0.25) is 0 Å². The number of halogens is 2. The predicted octanol–water partition coefficient (Wildman–Crippen LogP) is 9.62. The molecule has 1 fully saturated rings. The molecule has 1 aliphatic heterocycles. The van der Waals surface area contributed by atoms with Crippen LogP contribution in [0.4, 0.5) is 5.82 Å². The van der Waals surface area contributed by atoms with Crippen molar-refractivity contribution in [3.05, 3.63) is 58.1 Å². The molecule has 2 N–H and O–H groups in total. The molecule has 4 aromatic rings. The maximum absolute atomic E-state index is 13.3. The second kappa shape index (κ2) is 15.5. The molecule has 1 amide bonds. The van der Waals surface area contributed by atoms with Gasteiger partial charge in [-0.15, -0.1) is 0 Å². The fourth-order valence-electron chi connectivity index (χ4n) is 5.44. The Morgan fingerprint density at radius 2 is 1.76 bits per heavy atom. The summed E-state index contributed by atoms with van der Waals surface area (Å²) in [7, 11) is 0. The van der Waals surface area contributed by atoms with Crippen molar-refractivity contribution >= 4 is 56.9 Å². The van der Waals surface area contributed by atoms with Crippen LogP contribution in [0.1, 0.15) is 108 Å². The number of unbranched alkanes of at least 4 members (excludes halogenated alkanes) is 5. The first-order valence-corrected chi connectivity index (χ1v) is 16.2. The molecule has 1 saturated heterocycles. The van der Waals surface area contributed by atoms with Gasteiger partial charge in [0.05, 0.1) is 33.2 Å². The fraction of sp³-hybridized carbons (Fsp3) is 0.515. The molecule has 2 atom stereocenters. The molecule has 0 aliphatic carbocycles. The van der Waals surface area contributed by atoms with Crippen LogP contribution in [0.15, 0.2) is 36.7 Å². The van der Waals surface area contributed by atoms with E-state index < -0.39 is 0 Å². The number of benzene rings is 2. The summed E-state index contributed by atoms with van der Waals surface area (Å²) in [6, 6.07) is 8.96. The first-order chi connectivity index (χ1) is 20.3. The van der Waals surface area contributed by atoms with E-state index in [0.29, 0.717) is 32.9 Å². The number of hydrogen-bond donors (Lipinski definition) is 2. The van der Waals surface area contributed by atoms with Crippen molar-refractivity contribution in [1.82, 2.24) is 24.8 Å². The standard InChI is InChI=1S/C27H30Cl2N6O.C6H14/c1-3-4-5-6-17-9-10-35(14-17)27(36)19-13-23-20(12-21(19)29)26(31-15-30-23)32-16(2)25-33-22-8-7-18(28)11-24(22)34-25;1-3-5-6-4-2/h7-8,11-13,15-17H,3-6,9-10,14H2,1-2H3,(H,33,34)(H,30,31,32);3-6H2,1-2H3. The van der Waals surface area contributed by atoms with Gasteiger partial charge in [0.25, 0.3) is 5.91 Å². The number of rotatable bonds is 11. The number of hydrogen-bond acceptors (Lipinski definition) is 5. The maximum Gasteiger partial charge on any atom is 0.255 e. The lowest BCUT2D eigenvalue weighted by atomic mass is 10.0. The van der Waals surface area contributed by atoms with Crippen LogP contribution in [0.3, 0.4) is 0 Å². The van der Waals surface area contributed by atoms with Crippen molar-refractivity contribution in [1.29, 1.82) is 0 Å². The van der Waals surface area contributed by atoms with Gasteiger partial charge in [-0.05, 0) is 56.0 Å². The van der Waals surface area contributed by atoms with Gasteiger partial charge in [0.1, 0.15) is 18.0 Å². The van der Waals surface area contributed by atoms with E-state index in [2.05, 4.69) is 46.0 Å². The molecule has 3 heterocycles. The van der Waals surface area contributed by atoms with E-state index in [-0.39, 0.29) is 11.9 Å². The molecule has 9 heteroatoms. The Bertz CT molecular complexity index is 1470. The number of carbonyl (C=O) groups is 1. The molecular weight excluding hydrogens is 567 g/mol. The van der Waals surface area contributed by atoms with Crippen LogP contribution in [0, 0.1) is 5.92 Å². The number of H-pyrrole nitrogens is 1. The van der Waals surface area contributed by atoms with Crippen LogP contribution in [0.2, 0.25) is 10.0 Å². The third kappa shape index (κ3) is 8.13. The Morgan fingerprint density at radius 3 is 2.50 bits per heavy atom. The normalized spacial score (nSPS) is 15.6. The van der Waals surface area contributed by atoms with Crippen molar-refractivity contribution < 1.29 is 4.79 Å². The van der Waals surface area contributed by atoms with E-state index in [1.54, 1.807) is 12.1 Å². The molecule has 2 aromatic heterocycles. The molecule has 0 radical (unpaired) electrons. The first-order valence-electron chi connectivity index (χ1n) is 15.5. The monoisotopic (exact) mass is 610 g/mol. The summed E-state index contributed by atoms with van der Waals surface area (Å²) < 4.78 is 0. The summed E-state index contributed by atoms with van der Waals surface area (Å²) in [5, 5.41) is 5.22. The summed E-state index contributed by atoms with van der Waals surface area (Å²) in [6.07, 6.45) is 13.0. The Labute approximate surface area is 259 Å². The SMILES string of the molecule is CCCCCC.CCCCCC1CCN(C(=O)c2cc3ncnc(NC(C)c4nc5ccc(Cl)cc5[nH]4)c3cc2Cl)C1. The molecule has 1 aliphatic rings. The third-order valence-electron chi connectivity index (χ3n) is 7.93. The zero-order valence-electron chi connectivity index (χ0n) is 25.4. The zero-order valence-corrected chi connectivity index (χ0v) is 26.9. The summed E-state index contributed by atoms with van der Waals surface area (Å²) >= 11 is 12.8. The molecule has 0 spiro atoms. The number of likely N-dealkylation sites (tertiary alicyclic amines) is 1. The molecule has 5 rings (SSSR count). The van der Waals surface area contributed by atoms with E-state index in [1.165, 1.54) is 57.7 Å². The third-order valence-corrected chi connectivity index (χ3v) is 8.47. The number of fused-ring (bicyclic) bond motifs is 2. The Morgan fingerprint density at radius 1 is 1.02 bits per heavy atom. The molecule has 226 valence electrons. The van der Waals surface area contributed by atoms with E-state index in [1.807, 2.05) is 30.0 Å². The summed E-state index contributed by atoms with van der Waals surface area (Å²) in [6.45, 7) is 10.3. The van der Waals surface area contributed by atoms with Gasteiger partial charge < -0.3 is 15.2 Å². The van der Waals surface area contributed by atoms with Crippen LogP contribution in [0.25, 0.3) is 21.9 Å². The van der Waals surface area contributed by atoms with Crippen LogP contribution in [-0.4, -0.2) is 43.8 Å². The minimum atomic E-state index is -0.163. The van der Waals surface area contributed by atoms with Gasteiger partial charge in [0, 0.05) is 23.5 Å². The highest BCUT2D eigenvalue weighted by Crippen LogP contribution is 2.31. The van der Waals surface area contributed by atoms with Crippen molar-refractivity contribution in [2.75, 3.05) is 18.4 Å². The lowest BCUT2D eigenvalue weighted by molar-refractivity contribution is 0.0786. The summed E-state index contributed by atoms with van der Waals surface area (Å²) in [5.74, 6) is 1.94. The topological polar surface area (TPSA) is 86.8 Å². The van der Waals surface area contributed by atoms with Crippen LogP contribution >= 0.6 is 23.2 Å². The maximum atomic E-state index is 13.3. The van der Waals surface area contributed by atoms with Gasteiger partial charge in [-0.3, -0.25) is 4.79 Å². The first kappa shape index (κ1) is 32.0. The molecule has 2 unspecified atom stereocenters. The van der Waals surface area contributed by atoms with Crippen LogP contribution in [-0.2, 0) is 0 Å². The van der Waals surface area contributed by atoms with Crippen molar-refractivity contribution in [3.63, 3.8) is 0 Å². The Kier molecular flexibility index (Phi) is 11.8. The second-order valence-corrected chi connectivity index (χ2v) is 12.2. The number of imidazole rings is 1. The highest BCUT2D eigenvalue weighted by Gasteiger charge is 2.28. The number of carbonyl (C=O) groups excluding carboxylic acids is 1. The molecule has 7 nitrogen and oxygen atoms in total.